The molecular weight excluding hydrogens is 278 g/mol. The van der Waals surface area contributed by atoms with Gasteiger partial charge in [-0.1, -0.05) is 24.8 Å². The Kier molecular flexibility index (Phi) is 6.51. The summed E-state index contributed by atoms with van der Waals surface area (Å²) in [4.78, 5) is 10.5. The SMILES string of the molecule is C=C/C=C1/C[C@@H](CCCC(=O)O)CN([SH](=O)=O)/C1=C/C. The molecular formula is C14H21NO4S. The molecule has 0 aromatic heterocycles. The van der Waals surface area contributed by atoms with Crippen molar-refractivity contribution in [3.8, 4) is 0 Å². The first-order chi connectivity index (χ1) is 9.49. The third-order valence-corrected chi connectivity index (χ3v) is 4.11. The Hall–Kier alpha value is -1.56. The van der Waals surface area contributed by atoms with Crippen molar-refractivity contribution < 1.29 is 18.3 Å². The molecule has 0 spiro atoms. The van der Waals surface area contributed by atoms with Crippen molar-refractivity contribution >= 4 is 16.9 Å². The molecule has 6 heteroatoms. The number of hydrogen-bond donors (Lipinski definition) is 2. The number of hydrogen-bond acceptors (Lipinski definition) is 3. The zero-order valence-electron chi connectivity index (χ0n) is 11.6. The van der Waals surface area contributed by atoms with Crippen LogP contribution in [0.4, 0.5) is 0 Å². The number of carboxylic acid groups (broad SMARTS) is 1. The molecule has 0 aromatic carbocycles. The summed E-state index contributed by atoms with van der Waals surface area (Å²) in [7, 11) is -2.68. The van der Waals surface area contributed by atoms with E-state index in [9.17, 15) is 13.2 Å². The third kappa shape index (κ3) is 4.52. The summed E-state index contributed by atoms with van der Waals surface area (Å²) in [5.74, 6) is -0.666. The number of aliphatic carboxylic acids is 1. The molecule has 1 aliphatic rings. The van der Waals surface area contributed by atoms with Crippen LogP contribution in [0.2, 0.25) is 0 Å². The monoisotopic (exact) mass is 299 g/mol. The zero-order chi connectivity index (χ0) is 15.1. The van der Waals surface area contributed by atoms with Crippen LogP contribution in [0.25, 0.3) is 0 Å². The van der Waals surface area contributed by atoms with E-state index in [1.807, 2.05) is 13.0 Å². The lowest BCUT2D eigenvalue weighted by Gasteiger charge is -2.34. The first kappa shape index (κ1) is 16.5. The van der Waals surface area contributed by atoms with Crippen LogP contribution in [0, 0.1) is 5.92 Å². The Labute approximate surface area is 121 Å². The highest BCUT2D eigenvalue weighted by atomic mass is 32.2. The molecule has 0 unspecified atom stereocenters. The van der Waals surface area contributed by atoms with Crippen molar-refractivity contribution in [2.45, 2.75) is 32.6 Å². The molecule has 1 N–H and O–H groups in total. The number of nitrogens with zero attached hydrogens (tertiary/aromatic N) is 1. The van der Waals surface area contributed by atoms with Crippen LogP contribution in [-0.2, 0) is 15.7 Å². The highest BCUT2D eigenvalue weighted by molar-refractivity contribution is 7.70. The summed E-state index contributed by atoms with van der Waals surface area (Å²) in [6.45, 7) is 5.88. The maximum absolute atomic E-state index is 11.4. The van der Waals surface area contributed by atoms with Crippen molar-refractivity contribution in [1.29, 1.82) is 0 Å². The Morgan fingerprint density at radius 2 is 2.25 bits per heavy atom. The fraction of sp³-hybridized carbons (Fsp3) is 0.500. The fourth-order valence-corrected chi connectivity index (χ4v) is 3.29. The summed E-state index contributed by atoms with van der Waals surface area (Å²) in [6, 6.07) is 0. The van der Waals surface area contributed by atoms with Crippen LogP contribution < -0.4 is 0 Å². The Morgan fingerprint density at radius 3 is 2.75 bits per heavy atom. The molecule has 0 radical (unpaired) electrons. The Balaban J connectivity index is 2.84. The summed E-state index contributed by atoms with van der Waals surface area (Å²) in [5, 5.41) is 8.66. The van der Waals surface area contributed by atoms with E-state index >= 15 is 0 Å². The van der Waals surface area contributed by atoms with Gasteiger partial charge in [0.05, 0.1) is 5.70 Å². The van der Waals surface area contributed by atoms with E-state index in [0.29, 0.717) is 25.1 Å². The van der Waals surface area contributed by atoms with Crippen molar-refractivity contribution in [1.82, 2.24) is 4.31 Å². The first-order valence-electron chi connectivity index (χ1n) is 6.61. The molecule has 0 amide bonds. The molecule has 1 atom stereocenters. The van der Waals surface area contributed by atoms with E-state index in [1.165, 1.54) is 4.31 Å². The van der Waals surface area contributed by atoms with Gasteiger partial charge in [0.25, 0.3) is 0 Å². The molecule has 0 aliphatic carbocycles. The standard InChI is InChI=1S/C14H21NO4S/c1-3-6-12-9-11(7-5-8-14(16)17)10-15(20(18)19)13(12)4-2/h3-4,6,11,20H,1,5,7-10H2,2H3,(H,16,17)/b12-6-,13-4+/t11-/m1/s1. The maximum Gasteiger partial charge on any atom is 0.303 e. The molecule has 0 saturated carbocycles. The quantitative estimate of drug-likeness (QED) is 0.737. The van der Waals surface area contributed by atoms with Gasteiger partial charge in [-0.2, -0.15) is 0 Å². The fourth-order valence-electron chi connectivity index (χ4n) is 2.51. The number of allylic oxidation sites excluding steroid dienone is 4. The van der Waals surface area contributed by atoms with Gasteiger partial charge in [0, 0.05) is 13.0 Å². The molecule has 20 heavy (non-hydrogen) atoms. The second kappa shape index (κ2) is 7.89. The average Bonchev–Trinajstić information content (AvgIpc) is 2.38. The number of carboxylic acids is 1. The van der Waals surface area contributed by atoms with Gasteiger partial charge in [-0.15, -0.1) is 0 Å². The number of rotatable bonds is 6. The molecule has 1 saturated heterocycles. The van der Waals surface area contributed by atoms with E-state index in [2.05, 4.69) is 6.58 Å². The molecule has 1 rings (SSSR count). The highest BCUT2D eigenvalue weighted by Gasteiger charge is 2.27. The van der Waals surface area contributed by atoms with Crippen LogP contribution in [0.3, 0.4) is 0 Å². The normalized spacial score (nSPS) is 23.5. The van der Waals surface area contributed by atoms with Gasteiger partial charge in [-0.3, -0.25) is 9.10 Å². The van der Waals surface area contributed by atoms with Gasteiger partial charge in [-0.05, 0) is 37.7 Å². The van der Waals surface area contributed by atoms with Crippen LogP contribution in [0.1, 0.15) is 32.6 Å². The lowest BCUT2D eigenvalue weighted by atomic mass is 9.88. The summed E-state index contributed by atoms with van der Waals surface area (Å²) in [6.07, 6.45) is 7.41. The van der Waals surface area contributed by atoms with Crippen LogP contribution in [0.5, 0.6) is 0 Å². The van der Waals surface area contributed by atoms with E-state index in [4.69, 9.17) is 5.11 Å². The van der Waals surface area contributed by atoms with Crippen molar-refractivity contribution in [3.05, 3.63) is 36.1 Å². The lowest BCUT2D eigenvalue weighted by molar-refractivity contribution is -0.137. The Bertz CT molecular complexity index is 497. The smallest absolute Gasteiger partial charge is 0.303 e. The molecule has 1 heterocycles. The predicted octanol–water partition coefficient (Wildman–Crippen LogP) is 2.11. The van der Waals surface area contributed by atoms with Crippen LogP contribution in [-0.4, -0.2) is 30.3 Å². The molecule has 1 aliphatic heterocycles. The first-order valence-corrected chi connectivity index (χ1v) is 7.74. The average molecular weight is 299 g/mol. The second-order valence-corrected chi connectivity index (χ2v) is 5.74. The zero-order valence-corrected chi connectivity index (χ0v) is 12.5. The Morgan fingerprint density at radius 1 is 1.55 bits per heavy atom. The summed E-state index contributed by atoms with van der Waals surface area (Å²) >= 11 is 0. The number of carbonyl (C=O) groups is 1. The summed E-state index contributed by atoms with van der Waals surface area (Å²) < 4.78 is 24.1. The molecule has 1 fully saturated rings. The molecule has 0 aromatic rings. The van der Waals surface area contributed by atoms with Crippen molar-refractivity contribution in [2.24, 2.45) is 5.92 Å². The second-order valence-electron chi connectivity index (χ2n) is 4.78. The largest absolute Gasteiger partial charge is 0.481 e. The summed E-state index contributed by atoms with van der Waals surface area (Å²) in [5.41, 5.74) is 1.64. The van der Waals surface area contributed by atoms with E-state index in [0.717, 1.165) is 12.0 Å². The topological polar surface area (TPSA) is 74.7 Å². The molecule has 112 valence electrons. The van der Waals surface area contributed by atoms with E-state index < -0.39 is 16.9 Å². The number of piperidine rings is 1. The third-order valence-electron chi connectivity index (χ3n) is 3.34. The molecule has 5 nitrogen and oxygen atoms in total. The lowest BCUT2D eigenvalue weighted by Crippen LogP contribution is -2.34. The van der Waals surface area contributed by atoms with Gasteiger partial charge in [0.1, 0.15) is 0 Å². The van der Waals surface area contributed by atoms with Gasteiger partial charge in [-0.25, -0.2) is 8.42 Å². The minimum Gasteiger partial charge on any atom is -0.481 e. The highest BCUT2D eigenvalue weighted by Crippen LogP contribution is 2.32. The van der Waals surface area contributed by atoms with Crippen LogP contribution in [0.15, 0.2) is 36.1 Å². The van der Waals surface area contributed by atoms with Gasteiger partial charge < -0.3 is 5.11 Å². The minimum atomic E-state index is -2.68. The van der Waals surface area contributed by atoms with Crippen molar-refractivity contribution in [2.75, 3.05) is 6.54 Å². The van der Waals surface area contributed by atoms with Gasteiger partial charge >= 0.3 is 5.97 Å². The van der Waals surface area contributed by atoms with Crippen molar-refractivity contribution in [3.63, 3.8) is 0 Å². The predicted molar refractivity (Wildman–Crippen MR) is 78.7 cm³/mol. The minimum absolute atomic E-state index is 0.122. The van der Waals surface area contributed by atoms with Gasteiger partial charge in [0.2, 0.25) is 10.9 Å². The maximum atomic E-state index is 11.4. The van der Waals surface area contributed by atoms with Gasteiger partial charge in [0.15, 0.2) is 0 Å². The number of thiol groups is 1. The molecule has 0 bridgehead atoms. The van der Waals surface area contributed by atoms with Crippen LogP contribution >= 0.6 is 0 Å². The van der Waals surface area contributed by atoms with E-state index in [1.54, 1.807) is 12.2 Å². The van der Waals surface area contributed by atoms with E-state index in [-0.39, 0.29) is 12.3 Å².